The van der Waals surface area contributed by atoms with Crippen molar-refractivity contribution < 1.29 is 4.79 Å². The molecule has 0 amide bonds. The molecule has 33 heavy (non-hydrogen) atoms. The zero-order valence-corrected chi connectivity index (χ0v) is 18.7. The quantitative estimate of drug-likeness (QED) is 0.375. The van der Waals surface area contributed by atoms with Gasteiger partial charge in [0.2, 0.25) is 0 Å². The summed E-state index contributed by atoms with van der Waals surface area (Å²) in [5.41, 5.74) is 11.5. The van der Waals surface area contributed by atoms with Crippen molar-refractivity contribution in [3.05, 3.63) is 71.3 Å². The molecule has 2 saturated carbocycles. The molecule has 0 saturated heterocycles. The fourth-order valence-corrected chi connectivity index (χ4v) is 6.68. The summed E-state index contributed by atoms with van der Waals surface area (Å²) in [5, 5.41) is 12.1. The molecule has 7 nitrogen and oxygen atoms in total. The van der Waals surface area contributed by atoms with Gasteiger partial charge in [-0.2, -0.15) is 15.3 Å². The second-order valence-electron chi connectivity index (χ2n) is 9.74. The van der Waals surface area contributed by atoms with Crippen molar-refractivity contribution >= 4 is 17.2 Å². The van der Waals surface area contributed by atoms with Gasteiger partial charge in [-0.05, 0) is 67.6 Å². The topological polar surface area (TPSA) is 130 Å². The van der Waals surface area contributed by atoms with Gasteiger partial charge in [-0.25, -0.2) is 5.53 Å². The van der Waals surface area contributed by atoms with Crippen molar-refractivity contribution in [2.45, 2.75) is 56.4 Å². The molecule has 3 aliphatic rings. The molecule has 170 valence electrons. The number of nitrogens with zero attached hydrogens (tertiary/aromatic N) is 3. The molecule has 3 aliphatic carbocycles. The van der Waals surface area contributed by atoms with E-state index in [0.717, 1.165) is 24.8 Å². The Morgan fingerprint density at radius 2 is 1.55 bits per heavy atom. The molecule has 7 heteroatoms. The van der Waals surface area contributed by atoms with Crippen molar-refractivity contribution in [3.63, 3.8) is 0 Å². The molecule has 5 rings (SSSR count). The monoisotopic (exact) mass is 442 g/mol. The zero-order chi connectivity index (χ0) is 23.1. The van der Waals surface area contributed by atoms with Crippen LogP contribution in [0.15, 0.2) is 69.9 Å². The lowest BCUT2D eigenvalue weighted by molar-refractivity contribution is -0.124. The summed E-state index contributed by atoms with van der Waals surface area (Å²) in [6.07, 6.45) is 5.58. The molecule has 0 bridgehead atoms. The van der Waals surface area contributed by atoms with Gasteiger partial charge in [0.15, 0.2) is 11.5 Å². The van der Waals surface area contributed by atoms with Gasteiger partial charge < -0.3 is 11.7 Å². The van der Waals surface area contributed by atoms with Crippen LogP contribution in [0.25, 0.3) is 0 Å². The van der Waals surface area contributed by atoms with E-state index >= 15 is 0 Å². The molecule has 1 spiro atoms. The Morgan fingerprint density at radius 1 is 0.879 bits per heavy atom. The van der Waals surface area contributed by atoms with E-state index in [1.165, 1.54) is 11.1 Å². The summed E-state index contributed by atoms with van der Waals surface area (Å²) >= 11 is 0. The second kappa shape index (κ2) is 8.21. The minimum Gasteiger partial charge on any atom is -0.323 e. The number of aryl methyl sites for hydroxylation is 1. The van der Waals surface area contributed by atoms with Crippen LogP contribution >= 0.6 is 0 Å². The minimum atomic E-state index is -0.696. The number of nitrogens with one attached hydrogen (secondary N) is 1. The maximum Gasteiger partial charge on any atom is 0.192 e. The molecule has 5 N–H and O–H groups in total. The summed E-state index contributed by atoms with van der Waals surface area (Å²) < 4.78 is 0. The lowest BCUT2D eigenvalue weighted by atomic mass is 9.57. The molecule has 2 atom stereocenters. The third kappa shape index (κ3) is 3.21. The number of carbonyl (C=O) groups excluding carboxylic acids is 1. The molecular formula is C26H30N6O. The summed E-state index contributed by atoms with van der Waals surface area (Å²) in [6, 6.07) is 18.5. The van der Waals surface area contributed by atoms with Crippen molar-refractivity contribution in [1.29, 1.82) is 5.53 Å². The molecule has 0 radical (unpaired) electrons. The molecule has 2 aromatic rings. The number of fused-ring (bicyclic) bond motifs is 1. The number of hydrazone groups is 2. The van der Waals surface area contributed by atoms with Crippen LogP contribution < -0.4 is 11.7 Å². The maximum absolute atomic E-state index is 13.7. The van der Waals surface area contributed by atoms with Crippen molar-refractivity contribution in [2.75, 3.05) is 0 Å². The van der Waals surface area contributed by atoms with Gasteiger partial charge in [0.25, 0.3) is 0 Å². The lowest BCUT2D eigenvalue weighted by Crippen LogP contribution is -2.48. The number of Topliss-reactive ketones (excluding diaryl/α,β-unsaturated/α-hetero) is 1. The third-order valence-electron chi connectivity index (χ3n) is 8.47. The predicted molar refractivity (Wildman–Crippen MR) is 128 cm³/mol. The minimum absolute atomic E-state index is 0.0735. The van der Waals surface area contributed by atoms with Crippen LogP contribution in [0.1, 0.15) is 54.7 Å². The molecule has 0 heterocycles. The van der Waals surface area contributed by atoms with Crippen LogP contribution in [0, 0.1) is 16.9 Å². The van der Waals surface area contributed by atoms with E-state index in [1.807, 2.05) is 30.3 Å². The highest BCUT2D eigenvalue weighted by Gasteiger charge is 2.61. The van der Waals surface area contributed by atoms with E-state index in [4.69, 9.17) is 17.2 Å². The first-order valence-corrected chi connectivity index (χ1v) is 11.7. The molecule has 2 unspecified atom stereocenters. The Morgan fingerprint density at radius 3 is 2.18 bits per heavy atom. The Hall–Kier alpha value is -3.35. The van der Waals surface area contributed by atoms with Crippen LogP contribution in [0.5, 0.6) is 0 Å². The standard InChI is InChI=1S/C26H30N6O/c27-30-22-21(18-7-2-1-3-8-18)25(24(33)23(22)31-28)12-14-26(32-29,15-13-25)20-11-10-17-6-4-5-9-19(17)16-20/h1-9,20-21,29H,10-16,27-28H2. The number of hydrogen-bond acceptors (Lipinski definition) is 7. The first-order chi connectivity index (χ1) is 16.1. The number of rotatable bonds is 3. The van der Waals surface area contributed by atoms with E-state index in [2.05, 4.69) is 39.6 Å². The van der Waals surface area contributed by atoms with Crippen molar-refractivity contribution in [3.8, 4) is 0 Å². The molecule has 0 aromatic heterocycles. The summed E-state index contributed by atoms with van der Waals surface area (Å²) in [4.78, 5) is 13.7. The summed E-state index contributed by atoms with van der Waals surface area (Å²) in [6.45, 7) is 0. The van der Waals surface area contributed by atoms with E-state index in [0.29, 0.717) is 37.3 Å². The number of nitrogens with two attached hydrogens (primary N) is 2. The normalized spacial score (nSPS) is 34.0. The van der Waals surface area contributed by atoms with E-state index < -0.39 is 11.0 Å². The third-order valence-corrected chi connectivity index (χ3v) is 8.47. The number of hydrogen-bond donors (Lipinski definition) is 3. The average molecular weight is 443 g/mol. The average Bonchev–Trinajstić information content (AvgIpc) is 3.11. The summed E-state index contributed by atoms with van der Waals surface area (Å²) in [7, 11) is 0. The Balaban J connectivity index is 1.49. The van der Waals surface area contributed by atoms with E-state index in [1.54, 1.807) is 0 Å². The van der Waals surface area contributed by atoms with E-state index in [-0.39, 0.29) is 17.4 Å². The highest BCUT2D eigenvalue weighted by molar-refractivity contribution is 6.73. The first-order valence-electron chi connectivity index (χ1n) is 11.7. The van der Waals surface area contributed by atoms with Crippen LogP contribution in [0.2, 0.25) is 0 Å². The van der Waals surface area contributed by atoms with Gasteiger partial charge >= 0.3 is 0 Å². The number of carbonyl (C=O) groups is 1. The lowest BCUT2D eigenvalue weighted by Gasteiger charge is -2.47. The fourth-order valence-electron chi connectivity index (χ4n) is 6.68. The van der Waals surface area contributed by atoms with Crippen molar-refractivity contribution in [1.82, 2.24) is 0 Å². The molecule has 0 aliphatic heterocycles. The SMILES string of the molecule is N=NC1(C2CCc3ccccc3C2)CCC2(CC1)C(=O)C(=NN)C(=NN)C2c1ccccc1. The fraction of sp³-hybridized carbons (Fsp3) is 0.423. The Labute approximate surface area is 193 Å². The molecule has 2 aromatic carbocycles. The number of benzene rings is 2. The van der Waals surface area contributed by atoms with Gasteiger partial charge in [0.05, 0.1) is 11.3 Å². The second-order valence-corrected chi connectivity index (χ2v) is 9.74. The van der Waals surface area contributed by atoms with Gasteiger partial charge in [0.1, 0.15) is 0 Å². The smallest absolute Gasteiger partial charge is 0.192 e. The van der Waals surface area contributed by atoms with Gasteiger partial charge in [-0.15, -0.1) is 0 Å². The van der Waals surface area contributed by atoms with Crippen LogP contribution in [-0.4, -0.2) is 22.7 Å². The first kappa shape index (κ1) is 21.5. The number of ketones is 1. The predicted octanol–water partition coefficient (Wildman–Crippen LogP) is 4.12. The van der Waals surface area contributed by atoms with Gasteiger partial charge in [-0.1, -0.05) is 54.6 Å². The maximum atomic E-state index is 13.7. The molecular weight excluding hydrogens is 412 g/mol. The van der Waals surface area contributed by atoms with Gasteiger partial charge in [-0.3, -0.25) is 4.79 Å². The van der Waals surface area contributed by atoms with Crippen LogP contribution in [0.4, 0.5) is 0 Å². The van der Waals surface area contributed by atoms with Crippen LogP contribution in [-0.2, 0) is 17.6 Å². The van der Waals surface area contributed by atoms with Gasteiger partial charge in [0, 0.05) is 11.3 Å². The van der Waals surface area contributed by atoms with Crippen molar-refractivity contribution in [2.24, 2.45) is 38.3 Å². The van der Waals surface area contributed by atoms with E-state index in [9.17, 15) is 4.79 Å². The van der Waals surface area contributed by atoms with Crippen LogP contribution in [0.3, 0.4) is 0 Å². The Bertz CT molecular complexity index is 1130. The molecule has 2 fully saturated rings. The Kier molecular flexibility index (Phi) is 5.35. The zero-order valence-electron chi connectivity index (χ0n) is 18.7. The summed E-state index contributed by atoms with van der Waals surface area (Å²) in [5.74, 6) is 11.4. The highest BCUT2D eigenvalue weighted by atomic mass is 16.1. The highest BCUT2D eigenvalue weighted by Crippen LogP contribution is 2.57. The largest absolute Gasteiger partial charge is 0.323 e.